The number of methoxy groups -OCH3 is 1. The maximum Gasteiger partial charge on any atom is 0.336 e. The van der Waals surface area contributed by atoms with Crippen molar-refractivity contribution in [1.29, 1.82) is 0 Å². The number of ether oxygens (including phenoxy) is 2. The highest BCUT2D eigenvalue weighted by molar-refractivity contribution is 5.97. The Morgan fingerprint density at radius 1 is 1.24 bits per heavy atom. The molecular formula is C14H18O3. The Bertz CT molecular complexity index is 393. The number of carbonyl (C=O) groups excluding carboxylic acids is 1. The maximum absolute atomic E-state index is 11.8. The van der Waals surface area contributed by atoms with Crippen LogP contribution >= 0.6 is 0 Å². The number of esters is 1. The number of carbonyl (C=O) groups is 1. The second-order valence-corrected chi connectivity index (χ2v) is 3.62. The Balaban J connectivity index is 3.06. The normalized spacial score (nSPS) is 11.9. The van der Waals surface area contributed by atoms with E-state index in [1.807, 2.05) is 37.3 Å². The number of hydrogen-bond acceptors (Lipinski definition) is 3. The number of hydrogen-bond donors (Lipinski definition) is 0. The van der Waals surface area contributed by atoms with E-state index in [-0.39, 0.29) is 12.6 Å². The molecule has 0 unspecified atom stereocenters. The second kappa shape index (κ2) is 6.86. The quantitative estimate of drug-likeness (QED) is 0.580. The molecule has 1 aromatic rings. The molecule has 3 heteroatoms. The average Bonchev–Trinajstić information content (AvgIpc) is 2.36. The summed E-state index contributed by atoms with van der Waals surface area (Å²) >= 11 is 0. The predicted molar refractivity (Wildman–Crippen MR) is 67.5 cm³/mol. The molecule has 0 amide bonds. The molecule has 0 fully saturated rings. The zero-order valence-corrected chi connectivity index (χ0v) is 10.5. The highest BCUT2D eigenvalue weighted by atomic mass is 16.5. The molecule has 92 valence electrons. The van der Waals surface area contributed by atoms with Crippen LogP contribution in [0.15, 0.2) is 35.9 Å². The van der Waals surface area contributed by atoms with Gasteiger partial charge in [-0.1, -0.05) is 30.3 Å². The van der Waals surface area contributed by atoms with E-state index in [1.165, 1.54) is 0 Å². The molecule has 0 aliphatic carbocycles. The molecule has 1 aromatic carbocycles. The fourth-order valence-corrected chi connectivity index (χ4v) is 1.55. The molecule has 0 spiro atoms. The van der Waals surface area contributed by atoms with Gasteiger partial charge < -0.3 is 9.47 Å². The van der Waals surface area contributed by atoms with Gasteiger partial charge in [-0.3, -0.25) is 0 Å². The maximum atomic E-state index is 11.8. The Morgan fingerprint density at radius 3 is 2.41 bits per heavy atom. The fraction of sp³-hybridized carbons (Fsp3) is 0.357. The summed E-state index contributed by atoms with van der Waals surface area (Å²) in [5, 5.41) is 0. The van der Waals surface area contributed by atoms with Crippen molar-refractivity contribution >= 4 is 11.5 Å². The van der Waals surface area contributed by atoms with Crippen LogP contribution in [-0.4, -0.2) is 26.3 Å². The van der Waals surface area contributed by atoms with Gasteiger partial charge in [0.1, 0.15) is 0 Å². The summed E-state index contributed by atoms with van der Waals surface area (Å²) in [6, 6.07) is 9.74. The molecular weight excluding hydrogens is 216 g/mol. The van der Waals surface area contributed by atoms with Crippen molar-refractivity contribution in [1.82, 2.24) is 0 Å². The van der Waals surface area contributed by atoms with E-state index in [9.17, 15) is 4.79 Å². The van der Waals surface area contributed by atoms with Crippen molar-refractivity contribution in [3.63, 3.8) is 0 Å². The van der Waals surface area contributed by atoms with Crippen LogP contribution in [0.4, 0.5) is 0 Å². The SMILES string of the molecule is CCOC(=O)C(COC)=C(C)c1ccccc1. The number of benzene rings is 1. The lowest BCUT2D eigenvalue weighted by atomic mass is 10.0. The van der Waals surface area contributed by atoms with Crippen molar-refractivity contribution in [2.24, 2.45) is 0 Å². The smallest absolute Gasteiger partial charge is 0.336 e. The molecule has 0 radical (unpaired) electrons. The molecule has 0 bridgehead atoms. The molecule has 0 aliphatic rings. The zero-order valence-electron chi connectivity index (χ0n) is 10.5. The fourth-order valence-electron chi connectivity index (χ4n) is 1.55. The van der Waals surface area contributed by atoms with E-state index in [1.54, 1.807) is 14.0 Å². The van der Waals surface area contributed by atoms with Crippen LogP contribution in [0.1, 0.15) is 19.4 Å². The lowest BCUT2D eigenvalue weighted by Crippen LogP contribution is -2.13. The summed E-state index contributed by atoms with van der Waals surface area (Å²) < 4.78 is 10.1. The van der Waals surface area contributed by atoms with E-state index in [0.717, 1.165) is 11.1 Å². The van der Waals surface area contributed by atoms with Crippen LogP contribution < -0.4 is 0 Å². The van der Waals surface area contributed by atoms with Crippen LogP contribution in [0.25, 0.3) is 5.57 Å². The topological polar surface area (TPSA) is 35.5 Å². The Hall–Kier alpha value is -1.61. The first-order valence-electron chi connectivity index (χ1n) is 5.62. The van der Waals surface area contributed by atoms with Crippen LogP contribution in [0.3, 0.4) is 0 Å². The van der Waals surface area contributed by atoms with Gasteiger partial charge in [0.25, 0.3) is 0 Å². The molecule has 0 saturated carbocycles. The average molecular weight is 234 g/mol. The third-order valence-electron chi connectivity index (χ3n) is 2.47. The summed E-state index contributed by atoms with van der Waals surface area (Å²) in [5.74, 6) is -0.310. The summed E-state index contributed by atoms with van der Waals surface area (Å²) in [6.45, 7) is 4.33. The standard InChI is InChI=1S/C14H18O3/c1-4-17-14(15)13(10-16-3)11(2)12-8-6-5-7-9-12/h5-9H,4,10H2,1-3H3. The van der Waals surface area contributed by atoms with Gasteiger partial charge in [-0.25, -0.2) is 4.79 Å². The van der Waals surface area contributed by atoms with Crippen molar-refractivity contribution in [2.75, 3.05) is 20.3 Å². The van der Waals surface area contributed by atoms with Crippen LogP contribution in [0.2, 0.25) is 0 Å². The summed E-state index contributed by atoms with van der Waals surface area (Å²) in [5.41, 5.74) is 2.47. The Morgan fingerprint density at radius 2 is 1.88 bits per heavy atom. The van der Waals surface area contributed by atoms with Crippen molar-refractivity contribution in [3.8, 4) is 0 Å². The van der Waals surface area contributed by atoms with E-state index >= 15 is 0 Å². The van der Waals surface area contributed by atoms with Crippen molar-refractivity contribution in [2.45, 2.75) is 13.8 Å². The van der Waals surface area contributed by atoms with Crippen molar-refractivity contribution in [3.05, 3.63) is 41.5 Å². The van der Waals surface area contributed by atoms with E-state index in [4.69, 9.17) is 9.47 Å². The minimum absolute atomic E-state index is 0.263. The van der Waals surface area contributed by atoms with Gasteiger partial charge >= 0.3 is 5.97 Å². The van der Waals surface area contributed by atoms with Gasteiger partial charge in [0, 0.05) is 7.11 Å². The molecule has 0 aromatic heterocycles. The van der Waals surface area contributed by atoms with Gasteiger partial charge in [0.05, 0.1) is 18.8 Å². The Kier molecular flexibility index (Phi) is 5.43. The number of allylic oxidation sites excluding steroid dienone is 1. The summed E-state index contributed by atoms with van der Waals surface area (Å²) in [7, 11) is 1.57. The third-order valence-corrected chi connectivity index (χ3v) is 2.47. The van der Waals surface area contributed by atoms with E-state index in [0.29, 0.717) is 12.2 Å². The van der Waals surface area contributed by atoms with E-state index in [2.05, 4.69) is 0 Å². The minimum atomic E-state index is -0.310. The molecule has 0 heterocycles. The van der Waals surface area contributed by atoms with Crippen molar-refractivity contribution < 1.29 is 14.3 Å². The highest BCUT2D eigenvalue weighted by Crippen LogP contribution is 2.19. The van der Waals surface area contributed by atoms with Gasteiger partial charge in [0.2, 0.25) is 0 Å². The highest BCUT2D eigenvalue weighted by Gasteiger charge is 2.14. The molecule has 17 heavy (non-hydrogen) atoms. The second-order valence-electron chi connectivity index (χ2n) is 3.62. The van der Waals surface area contributed by atoms with Gasteiger partial charge in [-0.2, -0.15) is 0 Å². The zero-order chi connectivity index (χ0) is 12.7. The third kappa shape index (κ3) is 3.71. The van der Waals surface area contributed by atoms with Crippen LogP contribution in [0.5, 0.6) is 0 Å². The van der Waals surface area contributed by atoms with Gasteiger partial charge in [-0.05, 0) is 25.0 Å². The summed E-state index contributed by atoms with van der Waals surface area (Å²) in [4.78, 5) is 11.8. The lowest BCUT2D eigenvalue weighted by molar-refractivity contribution is -0.139. The molecule has 0 atom stereocenters. The largest absolute Gasteiger partial charge is 0.463 e. The first-order chi connectivity index (χ1) is 8.20. The van der Waals surface area contributed by atoms with Gasteiger partial charge in [-0.15, -0.1) is 0 Å². The van der Waals surface area contributed by atoms with Crippen LogP contribution in [-0.2, 0) is 14.3 Å². The van der Waals surface area contributed by atoms with Gasteiger partial charge in [0.15, 0.2) is 0 Å². The predicted octanol–water partition coefficient (Wildman–Crippen LogP) is 2.67. The first-order valence-corrected chi connectivity index (χ1v) is 5.62. The minimum Gasteiger partial charge on any atom is -0.463 e. The molecule has 0 N–H and O–H groups in total. The molecule has 0 saturated heterocycles. The molecule has 3 nitrogen and oxygen atoms in total. The summed E-state index contributed by atoms with van der Waals surface area (Å²) in [6.07, 6.45) is 0. The lowest BCUT2D eigenvalue weighted by Gasteiger charge is -2.10. The van der Waals surface area contributed by atoms with E-state index < -0.39 is 0 Å². The monoisotopic (exact) mass is 234 g/mol. The Labute approximate surface area is 102 Å². The number of rotatable bonds is 5. The molecule has 1 rings (SSSR count). The molecule has 0 aliphatic heterocycles. The van der Waals surface area contributed by atoms with Crippen LogP contribution in [0, 0.1) is 0 Å². The first kappa shape index (κ1) is 13.5.